The van der Waals surface area contributed by atoms with Gasteiger partial charge in [-0.05, 0) is 45.0 Å². The van der Waals surface area contributed by atoms with Gasteiger partial charge in [0, 0.05) is 31.1 Å². The van der Waals surface area contributed by atoms with E-state index >= 15 is 0 Å². The summed E-state index contributed by atoms with van der Waals surface area (Å²) >= 11 is 0. The third kappa shape index (κ3) is 6.25. The lowest BCUT2D eigenvalue weighted by Crippen LogP contribution is -2.38. The number of rotatable bonds is 9. The fourth-order valence-electron chi connectivity index (χ4n) is 3.35. The third-order valence-corrected chi connectivity index (χ3v) is 4.91. The van der Waals surface area contributed by atoms with Crippen LogP contribution in [0.3, 0.4) is 0 Å². The van der Waals surface area contributed by atoms with Gasteiger partial charge in [-0.15, -0.1) is 24.0 Å². The number of benzene rings is 1. The van der Waals surface area contributed by atoms with Crippen LogP contribution in [0, 0.1) is 0 Å². The molecule has 4 rings (SSSR count). The van der Waals surface area contributed by atoms with E-state index in [2.05, 4.69) is 30.8 Å². The summed E-state index contributed by atoms with van der Waals surface area (Å²) in [5.74, 6) is 3.23. The van der Waals surface area contributed by atoms with Crippen LogP contribution in [0.15, 0.2) is 62.6 Å². The number of fused-ring (bicyclic) bond motifs is 1. The largest absolute Gasteiger partial charge is 0.490 e. The van der Waals surface area contributed by atoms with Crippen molar-refractivity contribution in [2.24, 2.45) is 4.99 Å². The quantitative estimate of drug-likeness (QED) is 0.167. The maximum absolute atomic E-state index is 6.10. The molecule has 3 aromatic heterocycles. The Balaban J connectivity index is 0.00000324. The van der Waals surface area contributed by atoms with E-state index in [9.17, 15) is 0 Å². The first-order chi connectivity index (χ1) is 16.2. The zero-order valence-corrected chi connectivity index (χ0v) is 21.8. The molecule has 0 aliphatic heterocycles. The van der Waals surface area contributed by atoms with Gasteiger partial charge < -0.3 is 24.3 Å². The first-order valence-electron chi connectivity index (χ1n) is 11.1. The zero-order valence-electron chi connectivity index (χ0n) is 19.4. The number of guanidine groups is 1. The summed E-state index contributed by atoms with van der Waals surface area (Å²) in [5.41, 5.74) is 1.41. The Hall–Kier alpha value is -3.15. The normalized spacial score (nSPS) is 12.3. The molecule has 0 fully saturated rings. The molecule has 0 bridgehead atoms. The number of ether oxygens (including phenoxy) is 1. The molecule has 0 saturated carbocycles. The van der Waals surface area contributed by atoms with Gasteiger partial charge in [0.1, 0.15) is 11.5 Å². The van der Waals surface area contributed by atoms with Crippen molar-refractivity contribution in [2.75, 3.05) is 19.7 Å². The highest BCUT2D eigenvalue weighted by molar-refractivity contribution is 14.0. The van der Waals surface area contributed by atoms with Crippen molar-refractivity contribution in [3.63, 3.8) is 0 Å². The van der Waals surface area contributed by atoms with E-state index in [1.54, 1.807) is 6.20 Å². The van der Waals surface area contributed by atoms with Crippen LogP contribution in [-0.2, 0) is 6.42 Å². The van der Waals surface area contributed by atoms with Gasteiger partial charge in [0.05, 0.1) is 12.6 Å². The Morgan fingerprint density at radius 1 is 1.18 bits per heavy atom. The highest BCUT2D eigenvalue weighted by Gasteiger charge is 2.16. The van der Waals surface area contributed by atoms with Crippen LogP contribution in [0.5, 0.6) is 5.75 Å². The van der Waals surface area contributed by atoms with Crippen LogP contribution in [0.1, 0.15) is 38.4 Å². The average molecular weight is 576 g/mol. The van der Waals surface area contributed by atoms with Crippen molar-refractivity contribution >= 4 is 40.9 Å². The molecular formula is C24H29IN6O3. The summed E-state index contributed by atoms with van der Waals surface area (Å²) in [7, 11) is 0. The average Bonchev–Trinajstić information content (AvgIpc) is 3.48. The lowest BCUT2D eigenvalue weighted by molar-refractivity contribution is 0.336. The molecule has 3 heterocycles. The van der Waals surface area contributed by atoms with E-state index in [0.717, 1.165) is 29.0 Å². The highest BCUT2D eigenvalue weighted by atomic mass is 127. The molecule has 1 aromatic carbocycles. The number of aliphatic imine (C=N–C) groups is 1. The maximum Gasteiger partial charge on any atom is 0.276 e. The molecule has 0 radical (unpaired) electrons. The number of halogens is 1. The van der Waals surface area contributed by atoms with E-state index in [0.29, 0.717) is 42.9 Å². The molecule has 0 saturated heterocycles. The molecule has 34 heavy (non-hydrogen) atoms. The van der Waals surface area contributed by atoms with E-state index in [4.69, 9.17) is 13.7 Å². The molecule has 1 unspecified atom stereocenters. The summed E-state index contributed by atoms with van der Waals surface area (Å²) in [6, 6.07) is 13.4. The van der Waals surface area contributed by atoms with Crippen LogP contribution in [0.4, 0.5) is 0 Å². The number of nitrogens with zero attached hydrogens (tertiary/aromatic N) is 4. The first kappa shape index (κ1) is 25.5. The van der Waals surface area contributed by atoms with Gasteiger partial charge >= 0.3 is 0 Å². The lowest BCUT2D eigenvalue weighted by Gasteiger charge is -2.16. The number of furan rings is 1. The molecule has 0 aliphatic carbocycles. The van der Waals surface area contributed by atoms with Crippen LogP contribution in [0.2, 0.25) is 0 Å². The molecule has 4 aromatic rings. The molecule has 10 heteroatoms. The van der Waals surface area contributed by atoms with Gasteiger partial charge in [0.25, 0.3) is 5.89 Å². The van der Waals surface area contributed by atoms with Gasteiger partial charge in [-0.1, -0.05) is 23.4 Å². The number of para-hydroxylation sites is 1. The predicted octanol–water partition coefficient (Wildman–Crippen LogP) is 4.75. The smallest absolute Gasteiger partial charge is 0.276 e. The van der Waals surface area contributed by atoms with Crippen molar-refractivity contribution in [3.8, 4) is 17.3 Å². The van der Waals surface area contributed by atoms with Crippen molar-refractivity contribution < 1.29 is 13.7 Å². The molecular weight excluding hydrogens is 547 g/mol. The second-order valence-electron chi connectivity index (χ2n) is 7.36. The van der Waals surface area contributed by atoms with Gasteiger partial charge in [-0.25, -0.2) is 0 Å². The van der Waals surface area contributed by atoms with Crippen molar-refractivity contribution in [2.45, 2.75) is 33.2 Å². The van der Waals surface area contributed by atoms with E-state index in [1.165, 1.54) is 0 Å². The van der Waals surface area contributed by atoms with Crippen molar-refractivity contribution in [1.82, 2.24) is 25.8 Å². The Bertz CT molecular complexity index is 1210. The Morgan fingerprint density at radius 2 is 2.06 bits per heavy atom. The van der Waals surface area contributed by atoms with Gasteiger partial charge in [-0.2, -0.15) is 4.98 Å². The summed E-state index contributed by atoms with van der Waals surface area (Å²) in [5, 5.41) is 11.7. The summed E-state index contributed by atoms with van der Waals surface area (Å²) in [4.78, 5) is 13.3. The van der Waals surface area contributed by atoms with Gasteiger partial charge in [0.15, 0.2) is 23.1 Å². The predicted molar refractivity (Wildman–Crippen MR) is 142 cm³/mol. The summed E-state index contributed by atoms with van der Waals surface area (Å²) in [6.45, 7) is 7.83. The van der Waals surface area contributed by atoms with Crippen molar-refractivity contribution in [3.05, 3.63) is 60.2 Å². The summed E-state index contributed by atoms with van der Waals surface area (Å²) in [6.07, 6.45) is 2.24. The maximum atomic E-state index is 6.10. The third-order valence-electron chi connectivity index (χ3n) is 4.91. The molecule has 9 nitrogen and oxygen atoms in total. The summed E-state index contributed by atoms with van der Waals surface area (Å²) < 4.78 is 17.1. The van der Waals surface area contributed by atoms with Gasteiger partial charge in [0.2, 0.25) is 0 Å². The topological polar surface area (TPSA) is 111 Å². The molecule has 0 amide bonds. The number of nitrogens with one attached hydrogen (secondary N) is 2. The van der Waals surface area contributed by atoms with E-state index in [1.807, 2.05) is 63.2 Å². The Morgan fingerprint density at radius 3 is 2.82 bits per heavy atom. The second-order valence-corrected chi connectivity index (χ2v) is 7.36. The minimum atomic E-state index is -0.0920. The molecule has 0 aliphatic rings. The van der Waals surface area contributed by atoms with Crippen molar-refractivity contribution in [1.29, 1.82) is 0 Å². The number of hydrogen-bond acceptors (Lipinski definition) is 7. The van der Waals surface area contributed by atoms with E-state index < -0.39 is 0 Å². The van der Waals surface area contributed by atoms with Crippen LogP contribution in [-0.4, -0.2) is 40.8 Å². The highest BCUT2D eigenvalue weighted by Crippen LogP contribution is 2.31. The fourth-order valence-corrected chi connectivity index (χ4v) is 3.35. The molecule has 1 atom stereocenters. The SMILES string of the molecule is CCNC(=NCCc1noc(-c2ccccn2)n1)NC(C)c1cc2cccc(OCC)c2o1.I. The molecule has 2 N–H and O–H groups in total. The van der Waals surface area contributed by atoms with Crippen LogP contribution in [0.25, 0.3) is 22.6 Å². The zero-order chi connectivity index (χ0) is 23.0. The number of pyridine rings is 1. The van der Waals surface area contributed by atoms with Gasteiger partial charge in [-0.3, -0.25) is 9.98 Å². The lowest BCUT2D eigenvalue weighted by atomic mass is 10.2. The second kappa shape index (κ2) is 12.4. The fraction of sp³-hybridized carbons (Fsp3) is 0.333. The van der Waals surface area contributed by atoms with Crippen LogP contribution < -0.4 is 15.4 Å². The number of hydrogen-bond donors (Lipinski definition) is 2. The monoisotopic (exact) mass is 576 g/mol. The standard InChI is InChI=1S/C24H28N6O3.HI/c1-4-25-24(27-14-12-21-29-23(33-30-21)18-10-6-7-13-26-18)28-16(3)20-15-17-9-8-11-19(31-5-2)22(17)32-20;/h6-11,13,15-16H,4-5,12,14H2,1-3H3,(H2,25,27,28);1H. The minimum Gasteiger partial charge on any atom is -0.490 e. The first-order valence-corrected chi connectivity index (χ1v) is 11.1. The number of aromatic nitrogens is 3. The minimum absolute atomic E-state index is 0. The Kier molecular flexibility index (Phi) is 9.25. The molecule has 0 spiro atoms. The molecule has 180 valence electrons. The Labute approximate surface area is 215 Å². The van der Waals surface area contributed by atoms with Crippen LogP contribution >= 0.6 is 24.0 Å². The van der Waals surface area contributed by atoms with E-state index in [-0.39, 0.29) is 30.0 Å².